The minimum Gasteiger partial charge on any atom is -0.343 e. The van der Waals surface area contributed by atoms with Crippen molar-refractivity contribution < 1.29 is 4.79 Å². The maximum atomic E-state index is 13.0. The van der Waals surface area contributed by atoms with Crippen molar-refractivity contribution in [3.63, 3.8) is 0 Å². The lowest BCUT2D eigenvalue weighted by Crippen LogP contribution is -1.97. The van der Waals surface area contributed by atoms with Crippen molar-refractivity contribution in [1.29, 1.82) is 0 Å². The summed E-state index contributed by atoms with van der Waals surface area (Å²) in [5, 5.41) is 3.16. The van der Waals surface area contributed by atoms with Gasteiger partial charge < -0.3 is 4.57 Å². The molecule has 0 spiro atoms. The van der Waals surface area contributed by atoms with Gasteiger partial charge in [0, 0.05) is 28.9 Å². The van der Waals surface area contributed by atoms with Gasteiger partial charge in [0.15, 0.2) is 5.78 Å². The van der Waals surface area contributed by atoms with Gasteiger partial charge in [0.2, 0.25) is 0 Å². The van der Waals surface area contributed by atoms with Crippen LogP contribution in [0.25, 0.3) is 44.1 Å². The van der Waals surface area contributed by atoms with E-state index in [1.807, 2.05) is 42.5 Å². The first-order valence-corrected chi connectivity index (χ1v) is 10.0. The Morgan fingerprint density at radius 2 is 1.43 bits per heavy atom. The molecule has 0 N–H and O–H groups in total. The van der Waals surface area contributed by atoms with Crippen molar-refractivity contribution in [3.8, 4) is 22.4 Å². The number of allylic oxidation sites excluding steroid dienone is 1. The SMILES string of the molecule is C=CC(=O)c1cc2ccccc2c2c1c(-c1ccccc1)c(-c1ccccc1)n2C. The number of carbonyl (C=O) groups is 1. The van der Waals surface area contributed by atoms with Gasteiger partial charge in [-0.3, -0.25) is 4.79 Å². The van der Waals surface area contributed by atoms with Gasteiger partial charge in [0.25, 0.3) is 0 Å². The Hall–Kier alpha value is -3.91. The molecule has 0 saturated carbocycles. The van der Waals surface area contributed by atoms with Crippen LogP contribution in [0, 0.1) is 0 Å². The highest BCUT2D eigenvalue weighted by Gasteiger charge is 2.24. The van der Waals surface area contributed by atoms with E-state index >= 15 is 0 Å². The number of aromatic nitrogens is 1. The first-order chi connectivity index (χ1) is 14.7. The molecule has 2 heteroatoms. The normalized spacial score (nSPS) is 11.1. The van der Waals surface area contributed by atoms with Crippen molar-refractivity contribution in [2.24, 2.45) is 7.05 Å². The molecule has 4 aromatic carbocycles. The van der Waals surface area contributed by atoms with Crippen LogP contribution in [0.3, 0.4) is 0 Å². The lowest BCUT2D eigenvalue weighted by molar-refractivity contribution is 0.104. The molecule has 0 saturated heterocycles. The summed E-state index contributed by atoms with van der Waals surface area (Å²) >= 11 is 0. The topological polar surface area (TPSA) is 22.0 Å². The van der Waals surface area contributed by atoms with Crippen LogP contribution in [0.1, 0.15) is 10.4 Å². The van der Waals surface area contributed by atoms with E-state index in [0.29, 0.717) is 5.56 Å². The second-order valence-electron chi connectivity index (χ2n) is 7.45. The van der Waals surface area contributed by atoms with Gasteiger partial charge in [-0.15, -0.1) is 0 Å². The van der Waals surface area contributed by atoms with Crippen molar-refractivity contribution in [1.82, 2.24) is 4.57 Å². The van der Waals surface area contributed by atoms with Crippen molar-refractivity contribution in [2.45, 2.75) is 0 Å². The third-order valence-corrected chi connectivity index (χ3v) is 5.74. The fourth-order valence-corrected chi connectivity index (χ4v) is 4.45. The number of ketones is 1. The molecule has 30 heavy (non-hydrogen) atoms. The van der Waals surface area contributed by atoms with Crippen LogP contribution < -0.4 is 0 Å². The molecule has 0 aliphatic carbocycles. The fraction of sp³-hybridized carbons (Fsp3) is 0.0357. The average molecular weight is 387 g/mol. The van der Waals surface area contributed by atoms with Crippen LogP contribution in [-0.4, -0.2) is 10.4 Å². The Morgan fingerprint density at radius 3 is 2.10 bits per heavy atom. The zero-order valence-electron chi connectivity index (χ0n) is 16.8. The van der Waals surface area contributed by atoms with E-state index in [0.717, 1.165) is 44.1 Å². The summed E-state index contributed by atoms with van der Waals surface area (Å²) in [5.74, 6) is -0.0619. The third-order valence-electron chi connectivity index (χ3n) is 5.74. The highest BCUT2D eigenvalue weighted by molar-refractivity contribution is 6.25. The van der Waals surface area contributed by atoms with Crippen LogP contribution in [0.2, 0.25) is 0 Å². The maximum absolute atomic E-state index is 13.0. The highest BCUT2D eigenvalue weighted by Crippen LogP contribution is 2.44. The number of aryl methyl sites for hydroxylation is 1. The summed E-state index contributed by atoms with van der Waals surface area (Å²) < 4.78 is 2.23. The number of fused-ring (bicyclic) bond motifs is 3. The molecule has 2 nitrogen and oxygen atoms in total. The average Bonchev–Trinajstić information content (AvgIpc) is 3.12. The summed E-state index contributed by atoms with van der Waals surface area (Å²) in [6, 6.07) is 30.9. The number of nitrogens with zero attached hydrogens (tertiary/aromatic N) is 1. The molecule has 1 aromatic heterocycles. The molecule has 1 heterocycles. The molecule has 0 atom stereocenters. The van der Waals surface area contributed by atoms with E-state index in [4.69, 9.17) is 0 Å². The molecule has 0 aliphatic heterocycles. The van der Waals surface area contributed by atoms with Crippen LogP contribution in [0.15, 0.2) is 104 Å². The lowest BCUT2D eigenvalue weighted by atomic mass is 9.92. The lowest BCUT2D eigenvalue weighted by Gasteiger charge is -2.09. The summed E-state index contributed by atoms with van der Waals surface area (Å²) in [6.07, 6.45) is 1.41. The van der Waals surface area contributed by atoms with Crippen molar-refractivity contribution in [2.75, 3.05) is 0 Å². The molecule has 5 rings (SSSR count). The van der Waals surface area contributed by atoms with Gasteiger partial charge in [0.1, 0.15) is 0 Å². The van der Waals surface area contributed by atoms with Gasteiger partial charge in [-0.25, -0.2) is 0 Å². The molecule has 0 radical (unpaired) electrons. The predicted molar refractivity (Wildman–Crippen MR) is 126 cm³/mol. The molecule has 0 bridgehead atoms. The summed E-state index contributed by atoms with van der Waals surface area (Å²) in [4.78, 5) is 13.0. The molecule has 144 valence electrons. The Bertz CT molecular complexity index is 1410. The summed E-state index contributed by atoms with van der Waals surface area (Å²) in [5.41, 5.74) is 6.15. The van der Waals surface area contributed by atoms with Crippen molar-refractivity contribution >= 4 is 27.5 Å². The monoisotopic (exact) mass is 387 g/mol. The largest absolute Gasteiger partial charge is 0.343 e. The number of hydrogen-bond donors (Lipinski definition) is 0. The van der Waals surface area contributed by atoms with E-state index in [1.165, 1.54) is 6.08 Å². The first-order valence-electron chi connectivity index (χ1n) is 10.0. The minimum atomic E-state index is -0.0619. The Balaban J connectivity index is 2.07. The van der Waals surface area contributed by atoms with E-state index in [2.05, 4.69) is 66.7 Å². The minimum absolute atomic E-state index is 0.0619. The van der Waals surface area contributed by atoms with E-state index in [1.54, 1.807) is 0 Å². The Kier molecular flexibility index (Phi) is 4.33. The zero-order chi connectivity index (χ0) is 20.7. The zero-order valence-corrected chi connectivity index (χ0v) is 16.8. The van der Waals surface area contributed by atoms with Gasteiger partial charge in [-0.1, -0.05) is 91.5 Å². The Morgan fingerprint density at radius 1 is 0.833 bits per heavy atom. The molecule has 0 amide bonds. The number of hydrogen-bond acceptors (Lipinski definition) is 1. The van der Waals surface area contributed by atoms with E-state index in [9.17, 15) is 4.79 Å². The van der Waals surface area contributed by atoms with Crippen LogP contribution in [-0.2, 0) is 7.05 Å². The van der Waals surface area contributed by atoms with Gasteiger partial charge >= 0.3 is 0 Å². The van der Waals surface area contributed by atoms with Gasteiger partial charge in [0.05, 0.1) is 11.2 Å². The first kappa shape index (κ1) is 18.1. The quantitative estimate of drug-likeness (QED) is 0.239. The van der Waals surface area contributed by atoms with Crippen LogP contribution in [0.5, 0.6) is 0 Å². The van der Waals surface area contributed by atoms with E-state index < -0.39 is 0 Å². The smallest absolute Gasteiger partial charge is 0.185 e. The molecule has 0 aliphatic rings. The highest BCUT2D eigenvalue weighted by atomic mass is 16.1. The molecule has 0 fully saturated rings. The fourth-order valence-electron chi connectivity index (χ4n) is 4.45. The van der Waals surface area contributed by atoms with Crippen LogP contribution in [0.4, 0.5) is 0 Å². The Labute approximate surface area is 175 Å². The van der Waals surface area contributed by atoms with Crippen LogP contribution >= 0.6 is 0 Å². The van der Waals surface area contributed by atoms with Gasteiger partial charge in [-0.2, -0.15) is 0 Å². The van der Waals surface area contributed by atoms with E-state index in [-0.39, 0.29) is 5.78 Å². The second kappa shape index (κ2) is 7.16. The van der Waals surface area contributed by atoms with Crippen molar-refractivity contribution in [3.05, 3.63) is 109 Å². The standard InChI is InChI=1S/C28H21NO/c1-3-24(30)23-18-21-16-10-11-17-22(21)28-26(23)25(19-12-6-4-7-13-19)27(29(28)2)20-14-8-5-9-15-20/h3-18H,1H2,2H3. The molecule has 5 aromatic rings. The number of benzene rings is 4. The third kappa shape index (κ3) is 2.69. The molecular formula is C28H21NO. The summed E-state index contributed by atoms with van der Waals surface area (Å²) in [7, 11) is 2.09. The van der Waals surface area contributed by atoms with Gasteiger partial charge in [-0.05, 0) is 28.7 Å². The number of rotatable bonds is 4. The number of carbonyl (C=O) groups excluding carboxylic acids is 1. The molecular weight excluding hydrogens is 366 g/mol. The second-order valence-corrected chi connectivity index (χ2v) is 7.45. The maximum Gasteiger partial charge on any atom is 0.185 e. The summed E-state index contributed by atoms with van der Waals surface area (Å²) in [6.45, 7) is 3.76. The molecule has 0 unspecified atom stereocenters. The predicted octanol–water partition coefficient (Wildman–Crippen LogP) is 7.03.